The topological polar surface area (TPSA) is 0 Å². The molecule has 0 aliphatic heterocycles. The minimum atomic E-state index is -1.21. The number of benzene rings is 1. The lowest BCUT2D eigenvalue weighted by Gasteiger charge is -2.18. The largest absolute Gasteiger partial charge is 0.129 e. The molecule has 1 aliphatic rings. The Morgan fingerprint density at radius 1 is 1.07 bits per heavy atom. The van der Waals surface area contributed by atoms with Crippen LogP contribution in [0.1, 0.15) is 16.7 Å². The maximum absolute atomic E-state index is 3.40. The monoisotopic (exact) mass is 200 g/mol. The van der Waals surface area contributed by atoms with E-state index in [0.29, 0.717) is 0 Å². The van der Waals surface area contributed by atoms with Gasteiger partial charge < -0.3 is 0 Å². The van der Waals surface area contributed by atoms with Crippen molar-refractivity contribution < 1.29 is 0 Å². The second-order valence-electron chi connectivity index (χ2n) is 4.98. The molecule has 0 N–H and O–H groups in total. The first-order valence-corrected chi connectivity index (χ1v) is 8.70. The second-order valence-corrected chi connectivity index (χ2v) is 9.73. The first-order valence-electron chi connectivity index (χ1n) is 5.20. The predicted molar refractivity (Wildman–Crippen MR) is 64.1 cm³/mol. The van der Waals surface area contributed by atoms with Crippen molar-refractivity contribution in [3.05, 3.63) is 34.9 Å². The fraction of sp³-hybridized carbons (Fsp3) is 0.385. The second kappa shape index (κ2) is 3.29. The van der Waals surface area contributed by atoms with Crippen LogP contribution in [0.4, 0.5) is 0 Å². The van der Waals surface area contributed by atoms with Crippen molar-refractivity contribution in [2.75, 3.05) is 0 Å². The molecule has 0 spiro atoms. The molecule has 0 radical (unpaired) electrons. The summed E-state index contributed by atoms with van der Waals surface area (Å²) in [7, 11) is -1.21. The third-order valence-electron chi connectivity index (χ3n) is 2.45. The van der Waals surface area contributed by atoms with E-state index in [1.807, 2.05) is 0 Å². The molecule has 1 heteroatoms. The van der Waals surface area contributed by atoms with E-state index in [4.69, 9.17) is 0 Å². The molecular weight excluding hydrogens is 184 g/mol. The third-order valence-corrected chi connectivity index (χ3v) is 3.33. The first kappa shape index (κ1) is 9.55. The summed E-state index contributed by atoms with van der Waals surface area (Å²) < 4.78 is 0. The predicted octanol–water partition coefficient (Wildman–Crippen LogP) is 3.01. The summed E-state index contributed by atoms with van der Waals surface area (Å²) in [6, 6.07) is 6.64. The number of hydrogen-bond donors (Lipinski definition) is 0. The van der Waals surface area contributed by atoms with Gasteiger partial charge in [0.2, 0.25) is 0 Å². The Morgan fingerprint density at radius 2 is 1.79 bits per heavy atom. The zero-order chi connectivity index (χ0) is 10.2. The molecule has 0 fully saturated rings. The SMILES string of the molecule is C[Si](C)(C)C#Cc1ccc2c(c1)CC2. The van der Waals surface area contributed by atoms with E-state index in [9.17, 15) is 0 Å². The lowest BCUT2D eigenvalue weighted by atomic mass is 9.87. The molecule has 0 saturated carbocycles. The van der Waals surface area contributed by atoms with E-state index in [2.05, 4.69) is 49.3 Å². The van der Waals surface area contributed by atoms with Crippen LogP contribution in [0.2, 0.25) is 19.6 Å². The molecule has 1 aliphatic carbocycles. The summed E-state index contributed by atoms with van der Waals surface area (Å²) in [5, 5.41) is 0. The highest BCUT2D eigenvalue weighted by molar-refractivity contribution is 6.83. The van der Waals surface area contributed by atoms with Gasteiger partial charge in [-0.05, 0) is 36.1 Å². The Bertz CT molecular complexity index is 413. The Kier molecular flexibility index (Phi) is 2.24. The molecule has 0 unspecified atom stereocenters. The van der Waals surface area contributed by atoms with E-state index in [1.54, 1.807) is 0 Å². The molecule has 0 atom stereocenters. The van der Waals surface area contributed by atoms with Gasteiger partial charge in [-0.2, -0.15) is 0 Å². The van der Waals surface area contributed by atoms with Gasteiger partial charge >= 0.3 is 0 Å². The van der Waals surface area contributed by atoms with Gasteiger partial charge in [-0.15, -0.1) is 5.54 Å². The average molecular weight is 200 g/mol. The third kappa shape index (κ3) is 2.08. The van der Waals surface area contributed by atoms with Gasteiger partial charge in [0.15, 0.2) is 0 Å². The molecule has 14 heavy (non-hydrogen) atoms. The number of rotatable bonds is 0. The molecule has 72 valence electrons. The van der Waals surface area contributed by atoms with Gasteiger partial charge in [0, 0.05) is 5.56 Å². The zero-order valence-electron chi connectivity index (χ0n) is 9.15. The van der Waals surface area contributed by atoms with Crippen molar-refractivity contribution in [3.63, 3.8) is 0 Å². The summed E-state index contributed by atoms with van der Waals surface area (Å²) in [6.45, 7) is 6.84. The van der Waals surface area contributed by atoms with E-state index < -0.39 is 8.07 Å². The van der Waals surface area contributed by atoms with Crippen molar-refractivity contribution in [2.45, 2.75) is 32.5 Å². The van der Waals surface area contributed by atoms with E-state index in [0.717, 1.165) is 0 Å². The Hall–Kier alpha value is -1.00. The summed E-state index contributed by atoms with van der Waals surface area (Å²) in [4.78, 5) is 0. The molecule has 1 aromatic rings. The van der Waals surface area contributed by atoms with Gasteiger partial charge in [0.05, 0.1) is 0 Å². The molecule has 0 bridgehead atoms. The van der Waals surface area contributed by atoms with Crippen LogP contribution in [-0.2, 0) is 12.8 Å². The van der Waals surface area contributed by atoms with Crippen LogP contribution in [0.5, 0.6) is 0 Å². The van der Waals surface area contributed by atoms with Crippen LogP contribution in [0.25, 0.3) is 0 Å². The van der Waals surface area contributed by atoms with Gasteiger partial charge in [0.1, 0.15) is 8.07 Å². The van der Waals surface area contributed by atoms with Gasteiger partial charge in [0.25, 0.3) is 0 Å². The molecule has 0 amide bonds. The number of aryl methyl sites for hydroxylation is 2. The maximum atomic E-state index is 3.40. The van der Waals surface area contributed by atoms with Crippen LogP contribution < -0.4 is 0 Å². The molecule has 0 heterocycles. The lowest BCUT2D eigenvalue weighted by Crippen LogP contribution is -2.16. The zero-order valence-corrected chi connectivity index (χ0v) is 10.1. The smallest absolute Gasteiger partial charge is 0.127 e. The lowest BCUT2D eigenvalue weighted by molar-refractivity contribution is 0.839. The molecular formula is C13H16Si. The van der Waals surface area contributed by atoms with Crippen LogP contribution in [0, 0.1) is 11.5 Å². The standard InChI is InChI=1S/C13H16Si/c1-14(2,3)9-8-11-4-5-12-6-7-13(12)10-11/h4-5,10H,6-7H2,1-3H3. The fourth-order valence-corrected chi connectivity index (χ4v) is 2.05. The summed E-state index contributed by atoms with van der Waals surface area (Å²) >= 11 is 0. The summed E-state index contributed by atoms with van der Waals surface area (Å²) in [6.07, 6.45) is 2.51. The van der Waals surface area contributed by atoms with Crippen LogP contribution in [-0.4, -0.2) is 8.07 Å². The Balaban J connectivity index is 2.25. The summed E-state index contributed by atoms with van der Waals surface area (Å²) in [5.74, 6) is 3.30. The van der Waals surface area contributed by atoms with Crippen molar-refractivity contribution in [1.29, 1.82) is 0 Å². The van der Waals surface area contributed by atoms with Crippen molar-refractivity contribution in [2.24, 2.45) is 0 Å². The van der Waals surface area contributed by atoms with Gasteiger partial charge in [-0.25, -0.2) is 0 Å². The van der Waals surface area contributed by atoms with Crippen LogP contribution >= 0.6 is 0 Å². The highest BCUT2D eigenvalue weighted by Gasteiger charge is 2.12. The molecule has 2 rings (SSSR count). The minimum Gasteiger partial charge on any atom is -0.127 e. The highest BCUT2D eigenvalue weighted by Crippen LogP contribution is 2.23. The highest BCUT2D eigenvalue weighted by atomic mass is 28.3. The quantitative estimate of drug-likeness (QED) is 0.446. The van der Waals surface area contributed by atoms with Gasteiger partial charge in [-0.3, -0.25) is 0 Å². The van der Waals surface area contributed by atoms with E-state index in [-0.39, 0.29) is 0 Å². The van der Waals surface area contributed by atoms with Crippen molar-refractivity contribution in [1.82, 2.24) is 0 Å². The molecule has 1 aromatic carbocycles. The molecule has 0 aromatic heterocycles. The van der Waals surface area contributed by atoms with Gasteiger partial charge in [-0.1, -0.05) is 31.6 Å². The summed E-state index contributed by atoms with van der Waals surface area (Å²) in [5.41, 5.74) is 7.62. The van der Waals surface area contributed by atoms with Crippen molar-refractivity contribution >= 4 is 8.07 Å². The minimum absolute atomic E-state index is 1.20. The van der Waals surface area contributed by atoms with Crippen molar-refractivity contribution in [3.8, 4) is 11.5 Å². The molecule has 0 nitrogen and oxygen atoms in total. The Morgan fingerprint density at radius 3 is 2.29 bits per heavy atom. The van der Waals surface area contributed by atoms with Crippen LogP contribution in [0.15, 0.2) is 18.2 Å². The normalized spacial score (nSPS) is 13.6. The maximum Gasteiger partial charge on any atom is 0.129 e. The molecule has 0 saturated heterocycles. The first-order chi connectivity index (χ1) is 6.54. The van der Waals surface area contributed by atoms with E-state index >= 15 is 0 Å². The Labute approximate surface area is 87.4 Å². The number of hydrogen-bond acceptors (Lipinski definition) is 0. The van der Waals surface area contributed by atoms with Crippen LogP contribution in [0.3, 0.4) is 0 Å². The average Bonchev–Trinajstić information content (AvgIpc) is 2.03. The number of fused-ring (bicyclic) bond motifs is 1. The van der Waals surface area contributed by atoms with E-state index in [1.165, 1.54) is 29.5 Å². The fourth-order valence-electron chi connectivity index (χ4n) is 1.53.